The van der Waals surface area contributed by atoms with Crippen LogP contribution in [0.25, 0.3) is 0 Å². The zero-order chi connectivity index (χ0) is 27.7. The molecule has 0 bridgehead atoms. The zero-order valence-electron chi connectivity index (χ0n) is 20.0. The minimum absolute atomic E-state index is 0.0698. The van der Waals surface area contributed by atoms with Gasteiger partial charge in [-0.15, -0.1) is 0 Å². The zero-order valence-corrected chi connectivity index (χ0v) is 23.1. The van der Waals surface area contributed by atoms with Crippen molar-refractivity contribution in [2.24, 2.45) is 17.8 Å². The second-order valence-electron chi connectivity index (χ2n) is 9.89. The van der Waals surface area contributed by atoms with Crippen LogP contribution in [0.3, 0.4) is 0 Å². The maximum absolute atomic E-state index is 13.9. The summed E-state index contributed by atoms with van der Waals surface area (Å²) in [6, 6.07) is 10.2. The number of ketones is 2. The number of phenols is 1. The SMILES string of the molecule is O=C1C=C(Br)C(=O)C2=C1[C@@H](c1cc(Br)ccc1O)C1=CC[C@@H]3C(=O)N(c4cccc([N+](=O)[O-])c4)C(=O)[C@@H]3[C@@H]1C2. The third-order valence-electron chi connectivity index (χ3n) is 7.93. The number of hydrogen-bond acceptors (Lipinski definition) is 7. The summed E-state index contributed by atoms with van der Waals surface area (Å²) >= 11 is 6.60. The molecule has 1 saturated heterocycles. The first kappa shape index (κ1) is 25.6. The smallest absolute Gasteiger partial charge is 0.271 e. The molecule has 4 aliphatic rings. The Kier molecular flexibility index (Phi) is 6.03. The number of halogens is 2. The van der Waals surface area contributed by atoms with Gasteiger partial charge in [-0.05, 0) is 59.0 Å². The first-order valence-electron chi connectivity index (χ1n) is 12.1. The van der Waals surface area contributed by atoms with E-state index in [-0.39, 0.29) is 57.2 Å². The Labute approximate surface area is 238 Å². The van der Waals surface area contributed by atoms with Gasteiger partial charge in [0.25, 0.3) is 5.69 Å². The summed E-state index contributed by atoms with van der Waals surface area (Å²) in [4.78, 5) is 65.7. The number of hydrogen-bond donors (Lipinski definition) is 1. The number of nitro benzene ring substituents is 1. The van der Waals surface area contributed by atoms with Crippen molar-refractivity contribution < 1.29 is 29.2 Å². The molecule has 2 aromatic carbocycles. The molecule has 0 radical (unpaired) electrons. The molecule has 0 aromatic heterocycles. The van der Waals surface area contributed by atoms with Gasteiger partial charge in [0.05, 0.1) is 26.9 Å². The van der Waals surface area contributed by atoms with E-state index in [4.69, 9.17) is 0 Å². The molecule has 9 nitrogen and oxygen atoms in total. The largest absolute Gasteiger partial charge is 0.508 e. The Balaban J connectivity index is 1.49. The van der Waals surface area contributed by atoms with Gasteiger partial charge in [0.15, 0.2) is 11.6 Å². The van der Waals surface area contributed by atoms with Crippen LogP contribution in [0.4, 0.5) is 11.4 Å². The fraction of sp³-hybridized carbons (Fsp3) is 0.214. The van der Waals surface area contributed by atoms with E-state index >= 15 is 0 Å². The van der Waals surface area contributed by atoms with Gasteiger partial charge in [0.2, 0.25) is 11.8 Å². The summed E-state index contributed by atoms with van der Waals surface area (Å²) in [5, 5.41) is 22.2. The number of rotatable bonds is 3. The monoisotopic (exact) mass is 652 g/mol. The number of nitro groups is 1. The summed E-state index contributed by atoms with van der Waals surface area (Å²) in [5.74, 6) is -4.73. The Morgan fingerprint density at radius 3 is 2.51 bits per heavy atom. The number of fused-ring (bicyclic) bond motifs is 3. The fourth-order valence-electron chi connectivity index (χ4n) is 6.32. The van der Waals surface area contributed by atoms with E-state index in [1.54, 1.807) is 12.1 Å². The molecule has 11 heteroatoms. The van der Waals surface area contributed by atoms with Gasteiger partial charge in [-0.1, -0.05) is 33.6 Å². The molecule has 2 aromatic rings. The Bertz CT molecular complexity index is 1640. The van der Waals surface area contributed by atoms with Crippen LogP contribution >= 0.6 is 31.9 Å². The number of Topliss-reactive ketones (excluding diaryl/α,β-unsaturated/α-hetero) is 1. The van der Waals surface area contributed by atoms with Crippen molar-refractivity contribution >= 4 is 66.6 Å². The number of phenolic OH excluding ortho intramolecular Hbond substituents is 1. The molecule has 1 aliphatic heterocycles. The minimum Gasteiger partial charge on any atom is -0.508 e. The van der Waals surface area contributed by atoms with Gasteiger partial charge in [-0.3, -0.25) is 29.3 Å². The summed E-state index contributed by atoms with van der Waals surface area (Å²) in [5.41, 5.74) is 1.47. The van der Waals surface area contributed by atoms with Crippen molar-refractivity contribution in [2.45, 2.75) is 18.8 Å². The second kappa shape index (κ2) is 9.20. The standard InChI is InChI=1S/C28H18Br2N2O7/c29-12-4-7-21(33)18(8-12)23-15-5-6-16-24(17(15)10-19-25(23)22(34)11-20(30)26(19)35)28(37)31(27(16)36)13-2-1-3-14(9-13)32(38)39/h1-5,7-9,11,16-17,23-24,33H,6,10H2/t16-,17+,23+,24-/m0/s1. The summed E-state index contributed by atoms with van der Waals surface area (Å²) in [6.07, 6.45) is 3.35. The summed E-state index contributed by atoms with van der Waals surface area (Å²) in [7, 11) is 0. The number of amides is 2. The van der Waals surface area contributed by atoms with Crippen molar-refractivity contribution in [3.63, 3.8) is 0 Å². The summed E-state index contributed by atoms with van der Waals surface area (Å²) in [6.45, 7) is 0. The number of anilines is 1. The Morgan fingerprint density at radius 2 is 1.77 bits per heavy atom. The van der Waals surface area contributed by atoms with Gasteiger partial charge < -0.3 is 5.11 Å². The van der Waals surface area contributed by atoms with E-state index in [1.165, 1.54) is 36.4 Å². The fourth-order valence-corrected chi connectivity index (χ4v) is 7.14. The van der Waals surface area contributed by atoms with Crippen molar-refractivity contribution in [3.8, 4) is 5.75 Å². The van der Waals surface area contributed by atoms with E-state index in [2.05, 4.69) is 31.9 Å². The van der Waals surface area contributed by atoms with Crippen LogP contribution in [-0.4, -0.2) is 33.4 Å². The third-order valence-corrected chi connectivity index (χ3v) is 9.01. The molecule has 39 heavy (non-hydrogen) atoms. The molecular weight excluding hydrogens is 636 g/mol. The second-order valence-corrected chi connectivity index (χ2v) is 11.7. The number of allylic oxidation sites excluding steroid dienone is 6. The predicted molar refractivity (Wildman–Crippen MR) is 146 cm³/mol. The van der Waals surface area contributed by atoms with E-state index in [0.717, 1.165) is 4.90 Å². The Hall–Kier alpha value is -3.70. The number of imide groups is 1. The molecular formula is C28H18Br2N2O7. The quantitative estimate of drug-likeness (QED) is 0.161. The number of benzene rings is 2. The highest BCUT2D eigenvalue weighted by Gasteiger charge is 2.57. The molecule has 2 amide bonds. The number of non-ortho nitro benzene ring substituents is 1. The molecule has 4 atom stereocenters. The van der Waals surface area contributed by atoms with Crippen LogP contribution in [0.1, 0.15) is 24.3 Å². The molecule has 0 saturated carbocycles. The lowest BCUT2D eigenvalue weighted by molar-refractivity contribution is -0.384. The van der Waals surface area contributed by atoms with Crippen molar-refractivity contribution in [2.75, 3.05) is 4.90 Å². The normalized spacial score (nSPS) is 26.2. The highest BCUT2D eigenvalue weighted by molar-refractivity contribution is 9.12. The van der Waals surface area contributed by atoms with Gasteiger partial charge in [-0.25, -0.2) is 4.90 Å². The molecule has 1 heterocycles. The molecule has 0 spiro atoms. The lowest BCUT2D eigenvalue weighted by Gasteiger charge is -2.42. The van der Waals surface area contributed by atoms with Crippen LogP contribution in [0.5, 0.6) is 5.75 Å². The third kappa shape index (κ3) is 3.86. The molecule has 196 valence electrons. The Morgan fingerprint density at radius 1 is 1.00 bits per heavy atom. The molecule has 1 N–H and O–H groups in total. The minimum atomic E-state index is -0.838. The number of carbonyl (C=O) groups is 4. The van der Waals surface area contributed by atoms with E-state index < -0.39 is 40.4 Å². The highest BCUT2D eigenvalue weighted by Crippen LogP contribution is 2.56. The van der Waals surface area contributed by atoms with Crippen LogP contribution < -0.4 is 4.90 Å². The van der Waals surface area contributed by atoms with E-state index in [9.17, 15) is 34.4 Å². The molecule has 1 fully saturated rings. The van der Waals surface area contributed by atoms with E-state index in [1.807, 2.05) is 6.08 Å². The number of nitrogens with zero attached hydrogens (tertiary/aromatic N) is 2. The number of aromatic hydroxyl groups is 1. The molecule has 0 unspecified atom stereocenters. The highest BCUT2D eigenvalue weighted by atomic mass is 79.9. The van der Waals surface area contributed by atoms with Gasteiger partial charge in [-0.2, -0.15) is 0 Å². The summed E-state index contributed by atoms with van der Waals surface area (Å²) < 4.78 is 0.763. The van der Waals surface area contributed by atoms with Crippen molar-refractivity contribution in [1.82, 2.24) is 0 Å². The first-order chi connectivity index (χ1) is 18.6. The van der Waals surface area contributed by atoms with Crippen LogP contribution in [0, 0.1) is 27.9 Å². The van der Waals surface area contributed by atoms with Crippen LogP contribution in [0.15, 0.2) is 80.3 Å². The van der Waals surface area contributed by atoms with Crippen molar-refractivity contribution in [1.29, 1.82) is 0 Å². The van der Waals surface area contributed by atoms with Gasteiger partial charge >= 0.3 is 0 Å². The maximum atomic E-state index is 13.9. The lowest BCUT2D eigenvalue weighted by atomic mass is 9.59. The number of carbonyl (C=O) groups excluding carboxylic acids is 4. The van der Waals surface area contributed by atoms with Crippen LogP contribution in [-0.2, 0) is 19.2 Å². The molecule has 3 aliphatic carbocycles. The van der Waals surface area contributed by atoms with E-state index in [0.29, 0.717) is 15.6 Å². The van der Waals surface area contributed by atoms with Gasteiger partial charge in [0, 0.05) is 45.3 Å². The topological polar surface area (TPSA) is 135 Å². The van der Waals surface area contributed by atoms with Crippen LogP contribution in [0.2, 0.25) is 0 Å². The average Bonchev–Trinajstić information content (AvgIpc) is 3.17. The lowest BCUT2D eigenvalue weighted by Crippen LogP contribution is -2.39. The predicted octanol–water partition coefficient (Wildman–Crippen LogP) is 5.03. The molecule has 6 rings (SSSR count). The maximum Gasteiger partial charge on any atom is 0.271 e. The average molecular weight is 654 g/mol. The van der Waals surface area contributed by atoms with Gasteiger partial charge in [0.1, 0.15) is 5.75 Å². The van der Waals surface area contributed by atoms with Crippen molar-refractivity contribution in [3.05, 3.63) is 96.0 Å². The first-order valence-corrected chi connectivity index (χ1v) is 13.7.